The van der Waals surface area contributed by atoms with Gasteiger partial charge >= 0.3 is 6.18 Å². The molecule has 1 saturated heterocycles. The number of amides is 1. The maximum Gasteiger partial charge on any atom is 0.411 e. The van der Waals surface area contributed by atoms with Crippen molar-refractivity contribution in [3.63, 3.8) is 0 Å². The summed E-state index contributed by atoms with van der Waals surface area (Å²) in [4.78, 5) is 11.6. The van der Waals surface area contributed by atoms with Crippen LogP contribution < -0.4 is 10.1 Å². The SMILES string of the molecule is COc1ccc(NC(=O)COCC(F)(F)F)cc1S(=O)(=O)N1CCCCC1. The Labute approximate surface area is 155 Å². The first-order chi connectivity index (χ1) is 12.6. The molecular weight excluding hydrogens is 389 g/mol. The molecule has 0 aliphatic carbocycles. The van der Waals surface area contributed by atoms with Crippen molar-refractivity contribution in [2.75, 3.05) is 38.7 Å². The standard InChI is InChI=1S/C16H21F3N2O5S/c1-25-13-6-5-12(20-15(22)10-26-11-16(17,18)19)9-14(13)27(23,24)21-7-3-2-4-8-21/h5-6,9H,2-4,7-8,10-11H2,1H3,(H,20,22). The fourth-order valence-electron chi connectivity index (χ4n) is 2.66. The van der Waals surface area contributed by atoms with Gasteiger partial charge in [-0.15, -0.1) is 0 Å². The molecule has 0 atom stereocenters. The van der Waals surface area contributed by atoms with Gasteiger partial charge < -0.3 is 14.8 Å². The highest BCUT2D eigenvalue weighted by Crippen LogP contribution is 2.31. The largest absolute Gasteiger partial charge is 0.495 e. The lowest BCUT2D eigenvalue weighted by Crippen LogP contribution is -2.35. The lowest BCUT2D eigenvalue weighted by Gasteiger charge is -2.26. The van der Waals surface area contributed by atoms with Crippen LogP contribution in [0.1, 0.15) is 19.3 Å². The van der Waals surface area contributed by atoms with E-state index < -0.39 is 35.3 Å². The van der Waals surface area contributed by atoms with Crippen LogP contribution >= 0.6 is 0 Å². The molecule has 0 bridgehead atoms. The van der Waals surface area contributed by atoms with Crippen molar-refractivity contribution in [3.05, 3.63) is 18.2 Å². The Hall–Kier alpha value is -1.85. The predicted molar refractivity (Wildman–Crippen MR) is 91.1 cm³/mol. The molecule has 27 heavy (non-hydrogen) atoms. The number of carbonyl (C=O) groups excluding carboxylic acids is 1. The van der Waals surface area contributed by atoms with Crippen molar-refractivity contribution < 1.29 is 35.9 Å². The summed E-state index contributed by atoms with van der Waals surface area (Å²) in [5.41, 5.74) is 0.118. The van der Waals surface area contributed by atoms with Crippen LogP contribution in [0.15, 0.2) is 23.1 Å². The van der Waals surface area contributed by atoms with E-state index >= 15 is 0 Å². The van der Waals surface area contributed by atoms with Crippen LogP contribution in [0.3, 0.4) is 0 Å². The second kappa shape index (κ2) is 8.89. The minimum atomic E-state index is -4.53. The maximum atomic E-state index is 12.9. The molecule has 0 unspecified atom stereocenters. The average molecular weight is 410 g/mol. The first kappa shape index (κ1) is 21.5. The molecular formula is C16H21F3N2O5S. The molecule has 1 aromatic carbocycles. The van der Waals surface area contributed by atoms with E-state index in [-0.39, 0.29) is 16.3 Å². The summed E-state index contributed by atoms with van der Waals surface area (Å²) in [6.45, 7) is -1.56. The van der Waals surface area contributed by atoms with Crippen LogP contribution in [0.4, 0.5) is 18.9 Å². The third kappa shape index (κ3) is 6.08. The fourth-order valence-corrected chi connectivity index (χ4v) is 4.36. The first-order valence-electron chi connectivity index (χ1n) is 8.26. The van der Waals surface area contributed by atoms with Crippen LogP contribution in [0.25, 0.3) is 0 Å². The van der Waals surface area contributed by atoms with E-state index in [2.05, 4.69) is 10.1 Å². The Morgan fingerprint density at radius 2 is 1.89 bits per heavy atom. The molecule has 2 rings (SSSR count). The smallest absolute Gasteiger partial charge is 0.411 e. The molecule has 1 heterocycles. The van der Waals surface area contributed by atoms with Crippen molar-refractivity contribution in [1.82, 2.24) is 4.31 Å². The zero-order valence-corrected chi connectivity index (χ0v) is 15.5. The fraction of sp³-hybridized carbons (Fsp3) is 0.562. The summed E-state index contributed by atoms with van der Waals surface area (Å²) >= 11 is 0. The highest BCUT2D eigenvalue weighted by Gasteiger charge is 2.30. The van der Waals surface area contributed by atoms with E-state index in [4.69, 9.17) is 4.74 Å². The number of benzene rings is 1. The van der Waals surface area contributed by atoms with Crippen molar-refractivity contribution in [3.8, 4) is 5.75 Å². The number of piperidine rings is 1. The Morgan fingerprint density at radius 3 is 2.48 bits per heavy atom. The molecule has 0 saturated carbocycles. The lowest BCUT2D eigenvalue weighted by molar-refractivity contribution is -0.174. The number of ether oxygens (including phenoxy) is 2. The quantitative estimate of drug-likeness (QED) is 0.746. The van der Waals surface area contributed by atoms with Gasteiger partial charge in [-0.2, -0.15) is 17.5 Å². The highest BCUT2D eigenvalue weighted by atomic mass is 32.2. The molecule has 0 aromatic heterocycles. The predicted octanol–water partition coefficient (Wildman–Crippen LogP) is 2.39. The minimum Gasteiger partial charge on any atom is -0.495 e. The summed E-state index contributed by atoms with van der Waals surface area (Å²) in [6, 6.07) is 4.00. The zero-order valence-electron chi connectivity index (χ0n) is 14.7. The van der Waals surface area contributed by atoms with E-state index in [0.29, 0.717) is 13.1 Å². The molecule has 0 radical (unpaired) electrons. The minimum absolute atomic E-state index is 0.110. The van der Waals surface area contributed by atoms with Gasteiger partial charge in [0.05, 0.1) is 7.11 Å². The average Bonchev–Trinajstić information content (AvgIpc) is 2.61. The van der Waals surface area contributed by atoms with Crippen LogP contribution in [-0.2, 0) is 19.6 Å². The molecule has 1 N–H and O–H groups in total. The number of methoxy groups -OCH3 is 1. The van der Waals surface area contributed by atoms with Gasteiger partial charge in [-0.1, -0.05) is 6.42 Å². The van der Waals surface area contributed by atoms with E-state index in [1.807, 2.05) is 0 Å². The number of hydrogen-bond acceptors (Lipinski definition) is 5. The molecule has 1 aromatic rings. The molecule has 152 valence electrons. The van der Waals surface area contributed by atoms with Crippen LogP contribution in [0.2, 0.25) is 0 Å². The number of anilines is 1. The second-order valence-electron chi connectivity index (χ2n) is 5.99. The second-order valence-corrected chi connectivity index (χ2v) is 7.89. The molecule has 1 amide bonds. The Morgan fingerprint density at radius 1 is 1.22 bits per heavy atom. The van der Waals surface area contributed by atoms with Crippen LogP contribution in [0.5, 0.6) is 5.75 Å². The van der Waals surface area contributed by atoms with Crippen LogP contribution in [0, 0.1) is 0 Å². The molecule has 1 fully saturated rings. The molecule has 0 spiro atoms. The third-order valence-corrected chi connectivity index (χ3v) is 5.80. The summed E-state index contributed by atoms with van der Waals surface area (Å²) in [5.74, 6) is -0.711. The summed E-state index contributed by atoms with van der Waals surface area (Å²) < 4.78 is 72.6. The van der Waals surface area contributed by atoms with Gasteiger partial charge in [-0.3, -0.25) is 4.79 Å². The molecule has 11 heteroatoms. The van der Waals surface area contributed by atoms with E-state index in [1.165, 1.54) is 29.6 Å². The van der Waals surface area contributed by atoms with E-state index in [9.17, 15) is 26.4 Å². The van der Waals surface area contributed by atoms with Crippen molar-refractivity contribution in [2.24, 2.45) is 0 Å². The Kier molecular flexibility index (Phi) is 7.06. The van der Waals surface area contributed by atoms with Gasteiger partial charge in [0.15, 0.2) is 0 Å². The molecule has 7 nitrogen and oxygen atoms in total. The summed E-state index contributed by atoms with van der Waals surface area (Å²) in [6.07, 6.45) is -2.06. The number of halogens is 3. The Bertz CT molecular complexity index is 762. The molecule has 1 aliphatic rings. The maximum absolute atomic E-state index is 12.9. The van der Waals surface area contributed by atoms with Gasteiger partial charge in [0.1, 0.15) is 23.9 Å². The van der Waals surface area contributed by atoms with Crippen molar-refractivity contribution in [2.45, 2.75) is 30.3 Å². The van der Waals surface area contributed by atoms with E-state index in [1.54, 1.807) is 0 Å². The van der Waals surface area contributed by atoms with Gasteiger partial charge in [0.25, 0.3) is 0 Å². The number of nitrogens with one attached hydrogen (secondary N) is 1. The van der Waals surface area contributed by atoms with E-state index in [0.717, 1.165) is 19.3 Å². The van der Waals surface area contributed by atoms with Crippen molar-refractivity contribution in [1.29, 1.82) is 0 Å². The number of alkyl halides is 3. The summed E-state index contributed by atoms with van der Waals surface area (Å²) in [5, 5.41) is 2.33. The van der Waals surface area contributed by atoms with Gasteiger partial charge in [0, 0.05) is 18.8 Å². The van der Waals surface area contributed by atoms with Gasteiger partial charge in [-0.25, -0.2) is 8.42 Å². The van der Waals surface area contributed by atoms with Gasteiger partial charge in [0.2, 0.25) is 15.9 Å². The van der Waals surface area contributed by atoms with Crippen LogP contribution in [-0.4, -0.2) is 58.2 Å². The zero-order chi connectivity index (χ0) is 20.1. The first-order valence-corrected chi connectivity index (χ1v) is 9.70. The number of carbonyl (C=O) groups is 1. The normalized spacial score (nSPS) is 16.1. The summed E-state index contributed by atoms with van der Waals surface area (Å²) in [7, 11) is -2.50. The number of hydrogen-bond donors (Lipinski definition) is 1. The highest BCUT2D eigenvalue weighted by molar-refractivity contribution is 7.89. The topological polar surface area (TPSA) is 84.9 Å². The van der Waals surface area contributed by atoms with Crippen molar-refractivity contribution >= 4 is 21.6 Å². The number of rotatable bonds is 7. The number of sulfonamides is 1. The molecule has 1 aliphatic heterocycles. The Balaban J connectivity index is 2.13. The van der Waals surface area contributed by atoms with Gasteiger partial charge in [-0.05, 0) is 31.0 Å². The lowest BCUT2D eigenvalue weighted by atomic mass is 10.2. The number of nitrogens with zero attached hydrogens (tertiary/aromatic N) is 1. The third-order valence-electron chi connectivity index (χ3n) is 3.88. The monoisotopic (exact) mass is 410 g/mol.